The number of nitrogens with zero attached hydrogens (tertiary/aromatic N) is 3. The minimum absolute atomic E-state index is 0.238. The molecular weight excluding hydrogens is 410 g/mol. The van der Waals surface area contributed by atoms with Gasteiger partial charge in [-0.1, -0.05) is 19.1 Å². The van der Waals surface area contributed by atoms with Gasteiger partial charge in [-0.05, 0) is 37.0 Å². The number of aryl methyl sites for hydroxylation is 1. The highest BCUT2D eigenvalue weighted by atomic mass is 16.3. The van der Waals surface area contributed by atoms with Gasteiger partial charge in [0.25, 0.3) is 5.91 Å². The van der Waals surface area contributed by atoms with Crippen molar-refractivity contribution in [1.29, 1.82) is 0 Å². The Morgan fingerprint density at radius 2 is 2.06 bits per heavy atom. The molecule has 0 spiro atoms. The zero-order chi connectivity index (χ0) is 22.9. The number of rotatable bonds is 6. The summed E-state index contributed by atoms with van der Waals surface area (Å²) in [6.07, 6.45) is 3.62. The average molecular weight is 440 g/mol. The number of piperidine rings is 1. The molecule has 2 aliphatic heterocycles. The largest absolute Gasteiger partial charge is 0.392 e. The Labute approximate surface area is 186 Å². The summed E-state index contributed by atoms with van der Waals surface area (Å²) in [5, 5.41) is 19.4. The van der Waals surface area contributed by atoms with Crippen molar-refractivity contribution in [3.63, 3.8) is 0 Å². The monoisotopic (exact) mass is 439 g/mol. The number of carbonyl (C=O) groups is 3. The van der Waals surface area contributed by atoms with E-state index in [-0.39, 0.29) is 23.8 Å². The molecule has 3 amide bonds. The summed E-state index contributed by atoms with van der Waals surface area (Å²) in [4.78, 5) is 39.2. The number of nitrogens with one attached hydrogen (secondary N) is 2. The van der Waals surface area contributed by atoms with Crippen molar-refractivity contribution in [3.8, 4) is 0 Å². The number of likely N-dealkylation sites (tertiary alicyclic amines) is 1. The SMILES string of the molecule is CCC1(c2ccc(NC(=O)c3nn(C)cc3CN3CCC(O)C3)cc2)CCC(=O)NC1=O. The second-order valence-corrected chi connectivity index (χ2v) is 8.70. The Kier molecular flexibility index (Phi) is 6.12. The number of imide groups is 1. The summed E-state index contributed by atoms with van der Waals surface area (Å²) >= 11 is 0. The molecule has 2 unspecified atom stereocenters. The summed E-state index contributed by atoms with van der Waals surface area (Å²) in [7, 11) is 1.78. The van der Waals surface area contributed by atoms with Crippen LogP contribution in [0.1, 0.15) is 54.2 Å². The third kappa shape index (κ3) is 4.31. The number of amides is 3. The smallest absolute Gasteiger partial charge is 0.276 e. The number of aromatic nitrogens is 2. The Hall–Kier alpha value is -3.04. The molecule has 1 aromatic carbocycles. The van der Waals surface area contributed by atoms with Crippen LogP contribution in [0.2, 0.25) is 0 Å². The first-order valence-corrected chi connectivity index (χ1v) is 11.0. The molecular formula is C23H29N5O4. The standard InChI is InChI=1S/C23H29N5O4/c1-3-23(10-8-19(30)25-22(23)32)16-4-6-17(7-5-16)24-21(31)20-15(12-27(2)26-20)13-28-11-9-18(29)14-28/h4-7,12,18,29H,3,8-11,13-14H2,1-2H3,(H,24,31)(H,25,30,32). The molecule has 3 N–H and O–H groups in total. The van der Waals surface area contributed by atoms with Crippen LogP contribution in [0.25, 0.3) is 0 Å². The third-order valence-electron chi connectivity index (χ3n) is 6.53. The van der Waals surface area contributed by atoms with Crippen molar-refractivity contribution in [3.05, 3.63) is 47.3 Å². The van der Waals surface area contributed by atoms with Crippen molar-refractivity contribution in [1.82, 2.24) is 20.0 Å². The van der Waals surface area contributed by atoms with Gasteiger partial charge in [-0.15, -0.1) is 0 Å². The first kappa shape index (κ1) is 22.2. The summed E-state index contributed by atoms with van der Waals surface area (Å²) in [6.45, 7) is 3.87. The van der Waals surface area contributed by atoms with E-state index < -0.39 is 5.41 Å². The second kappa shape index (κ2) is 8.84. The third-order valence-corrected chi connectivity index (χ3v) is 6.53. The van der Waals surface area contributed by atoms with E-state index in [0.717, 1.165) is 24.1 Å². The minimum Gasteiger partial charge on any atom is -0.392 e. The normalized spacial score (nSPS) is 23.9. The van der Waals surface area contributed by atoms with Crippen LogP contribution in [-0.4, -0.2) is 56.7 Å². The van der Waals surface area contributed by atoms with E-state index in [0.29, 0.717) is 43.7 Å². The van der Waals surface area contributed by atoms with E-state index in [1.54, 1.807) is 23.9 Å². The van der Waals surface area contributed by atoms with Gasteiger partial charge >= 0.3 is 0 Å². The molecule has 9 nitrogen and oxygen atoms in total. The first-order chi connectivity index (χ1) is 15.3. The zero-order valence-electron chi connectivity index (χ0n) is 18.4. The van der Waals surface area contributed by atoms with E-state index in [4.69, 9.17) is 0 Å². The van der Waals surface area contributed by atoms with Crippen LogP contribution in [0, 0.1) is 0 Å². The number of aliphatic hydroxyl groups excluding tert-OH is 1. The van der Waals surface area contributed by atoms with Gasteiger partial charge in [0.05, 0.1) is 11.5 Å². The highest BCUT2D eigenvalue weighted by Gasteiger charge is 2.42. The van der Waals surface area contributed by atoms with Crippen LogP contribution in [0.3, 0.4) is 0 Å². The lowest BCUT2D eigenvalue weighted by molar-refractivity contribution is -0.138. The van der Waals surface area contributed by atoms with E-state index in [1.165, 1.54) is 0 Å². The molecule has 2 atom stereocenters. The fourth-order valence-corrected chi connectivity index (χ4v) is 4.67. The molecule has 1 aromatic heterocycles. The van der Waals surface area contributed by atoms with Crippen LogP contribution >= 0.6 is 0 Å². The van der Waals surface area contributed by atoms with Crippen LogP contribution in [-0.2, 0) is 28.6 Å². The number of aliphatic hydroxyl groups is 1. The minimum atomic E-state index is -0.731. The van der Waals surface area contributed by atoms with Crippen molar-refractivity contribution in [2.75, 3.05) is 18.4 Å². The van der Waals surface area contributed by atoms with Crippen LogP contribution in [0.5, 0.6) is 0 Å². The number of hydrogen-bond donors (Lipinski definition) is 3. The van der Waals surface area contributed by atoms with Gasteiger partial charge in [0, 0.05) is 50.6 Å². The van der Waals surface area contributed by atoms with Crippen molar-refractivity contribution in [2.24, 2.45) is 7.05 Å². The molecule has 3 heterocycles. The maximum Gasteiger partial charge on any atom is 0.276 e. The molecule has 4 rings (SSSR count). The summed E-state index contributed by atoms with van der Waals surface area (Å²) in [6, 6.07) is 7.21. The van der Waals surface area contributed by atoms with Crippen LogP contribution in [0.15, 0.2) is 30.5 Å². The molecule has 2 saturated heterocycles. The molecule has 0 bridgehead atoms. The molecule has 0 saturated carbocycles. The molecule has 2 aliphatic rings. The van der Waals surface area contributed by atoms with Gasteiger partial charge in [0.2, 0.25) is 11.8 Å². The van der Waals surface area contributed by atoms with Crippen LogP contribution < -0.4 is 10.6 Å². The lowest BCUT2D eigenvalue weighted by Crippen LogP contribution is -2.51. The predicted molar refractivity (Wildman–Crippen MR) is 118 cm³/mol. The van der Waals surface area contributed by atoms with E-state index in [9.17, 15) is 19.5 Å². The maximum absolute atomic E-state index is 12.9. The topological polar surface area (TPSA) is 117 Å². The Morgan fingerprint density at radius 1 is 1.31 bits per heavy atom. The Bertz CT molecular complexity index is 1030. The molecule has 9 heteroatoms. The quantitative estimate of drug-likeness (QED) is 0.585. The fourth-order valence-electron chi connectivity index (χ4n) is 4.67. The zero-order valence-corrected chi connectivity index (χ0v) is 18.4. The van der Waals surface area contributed by atoms with Gasteiger partial charge < -0.3 is 10.4 Å². The molecule has 2 aromatic rings. The van der Waals surface area contributed by atoms with Gasteiger partial charge in [-0.2, -0.15) is 5.10 Å². The number of benzene rings is 1. The van der Waals surface area contributed by atoms with Crippen molar-refractivity contribution >= 4 is 23.4 Å². The molecule has 32 heavy (non-hydrogen) atoms. The van der Waals surface area contributed by atoms with Gasteiger partial charge in [0.1, 0.15) is 0 Å². The molecule has 0 aliphatic carbocycles. The summed E-state index contributed by atoms with van der Waals surface area (Å²) in [5.74, 6) is -0.810. The highest BCUT2D eigenvalue weighted by Crippen LogP contribution is 2.36. The second-order valence-electron chi connectivity index (χ2n) is 8.70. The van der Waals surface area contributed by atoms with Crippen molar-refractivity contribution in [2.45, 2.75) is 50.7 Å². The van der Waals surface area contributed by atoms with Gasteiger partial charge in [-0.3, -0.25) is 29.3 Å². The molecule has 0 radical (unpaired) electrons. The lowest BCUT2D eigenvalue weighted by Gasteiger charge is -2.35. The van der Waals surface area contributed by atoms with E-state index >= 15 is 0 Å². The fraction of sp³-hybridized carbons (Fsp3) is 0.478. The van der Waals surface area contributed by atoms with Gasteiger partial charge in [0.15, 0.2) is 5.69 Å². The number of hydrogen-bond acceptors (Lipinski definition) is 6. The lowest BCUT2D eigenvalue weighted by atomic mass is 9.72. The van der Waals surface area contributed by atoms with Crippen molar-refractivity contribution < 1.29 is 19.5 Å². The number of carbonyl (C=O) groups excluding carboxylic acids is 3. The van der Waals surface area contributed by atoms with Gasteiger partial charge in [-0.25, -0.2) is 0 Å². The average Bonchev–Trinajstić information content (AvgIpc) is 3.34. The predicted octanol–water partition coefficient (Wildman–Crippen LogP) is 1.32. The number of β-amino-alcohol motifs (C(OH)–C–C–N with tert-alkyl or cyclic N) is 1. The van der Waals surface area contributed by atoms with Crippen LogP contribution in [0.4, 0.5) is 5.69 Å². The van der Waals surface area contributed by atoms with E-state index in [2.05, 4.69) is 20.6 Å². The Morgan fingerprint density at radius 3 is 2.69 bits per heavy atom. The maximum atomic E-state index is 12.9. The highest BCUT2D eigenvalue weighted by molar-refractivity contribution is 6.04. The Balaban J connectivity index is 1.48. The molecule has 2 fully saturated rings. The first-order valence-electron chi connectivity index (χ1n) is 11.0. The summed E-state index contributed by atoms with van der Waals surface area (Å²) in [5.41, 5.74) is 1.86. The molecule has 170 valence electrons. The number of anilines is 1. The summed E-state index contributed by atoms with van der Waals surface area (Å²) < 4.78 is 1.62. The van der Waals surface area contributed by atoms with E-state index in [1.807, 2.05) is 25.3 Å².